The Morgan fingerprint density at radius 1 is 1.52 bits per heavy atom. The summed E-state index contributed by atoms with van der Waals surface area (Å²) in [6, 6.07) is 6.97. The second-order valence-electron chi connectivity index (χ2n) is 6.81. The number of aldehydes is 1. The molecule has 2 rings (SSSR count). The monoisotopic (exact) mass is 341 g/mol. The number of nitrogens with zero attached hydrogens (tertiary/aromatic N) is 1. The number of benzene rings is 1. The maximum atomic E-state index is 10.6. The molecule has 0 aliphatic carbocycles. The second kappa shape index (κ2) is 9.42. The van der Waals surface area contributed by atoms with Crippen molar-refractivity contribution in [1.82, 2.24) is 10.2 Å². The quantitative estimate of drug-likeness (QED) is 0.671. The van der Waals surface area contributed by atoms with Gasteiger partial charge in [0.2, 0.25) is 0 Å². The highest BCUT2D eigenvalue weighted by atomic mass is 16.1. The molecule has 4 nitrogen and oxygen atoms in total. The zero-order valence-corrected chi connectivity index (χ0v) is 15.6. The fraction of sp³-hybridized carbons (Fsp3) is 0.476. The predicted molar refractivity (Wildman–Crippen MR) is 108 cm³/mol. The predicted octanol–water partition coefficient (Wildman–Crippen LogP) is 3.76. The molecule has 1 aromatic rings. The largest absolute Gasteiger partial charge is 0.381 e. The molecule has 1 aliphatic rings. The molecule has 0 amide bonds. The van der Waals surface area contributed by atoms with E-state index >= 15 is 0 Å². The third-order valence-electron chi connectivity index (χ3n) is 5.07. The van der Waals surface area contributed by atoms with Crippen molar-refractivity contribution >= 4 is 23.7 Å². The molecule has 1 heterocycles. The van der Waals surface area contributed by atoms with Gasteiger partial charge in [-0.25, -0.2) is 0 Å². The Bertz CT molecular complexity index is 605. The summed E-state index contributed by atoms with van der Waals surface area (Å²) in [4.78, 5) is 12.8. The molecule has 136 valence electrons. The van der Waals surface area contributed by atoms with Gasteiger partial charge in [-0.3, -0.25) is 0 Å². The molecule has 1 saturated heterocycles. The van der Waals surface area contributed by atoms with Crippen LogP contribution < -0.4 is 10.6 Å². The number of piperidine rings is 1. The molecular formula is C21H31N3O. The molecule has 2 atom stereocenters. The molecule has 4 heteroatoms. The second-order valence-corrected chi connectivity index (χ2v) is 6.81. The number of carbonyl (C=O) groups is 1. The first-order valence-electron chi connectivity index (χ1n) is 9.17. The molecule has 0 spiro atoms. The van der Waals surface area contributed by atoms with Crippen molar-refractivity contribution in [3.05, 3.63) is 42.5 Å². The number of rotatable bonds is 9. The molecule has 2 unspecified atom stereocenters. The minimum atomic E-state index is 0.259. The van der Waals surface area contributed by atoms with Crippen LogP contribution in [0.15, 0.2) is 31.4 Å². The summed E-state index contributed by atoms with van der Waals surface area (Å²) in [6.07, 6.45) is 6.66. The number of anilines is 1. The normalized spacial score (nSPS) is 18.2. The van der Waals surface area contributed by atoms with E-state index in [1.807, 2.05) is 13.1 Å². The molecule has 0 aromatic heterocycles. The minimum Gasteiger partial charge on any atom is -0.381 e. The first-order chi connectivity index (χ1) is 12.1. The molecule has 1 aromatic carbocycles. The molecule has 0 radical (unpaired) electrons. The minimum absolute atomic E-state index is 0.259. The zero-order chi connectivity index (χ0) is 18.2. The summed E-state index contributed by atoms with van der Waals surface area (Å²) in [5.41, 5.74) is 4.24. The molecule has 25 heavy (non-hydrogen) atoms. The van der Waals surface area contributed by atoms with Gasteiger partial charge in [0.05, 0.1) is 0 Å². The molecular weight excluding hydrogens is 310 g/mol. The maximum absolute atomic E-state index is 10.6. The van der Waals surface area contributed by atoms with Gasteiger partial charge in [-0.05, 0) is 38.8 Å². The van der Waals surface area contributed by atoms with Gasteiger partial charge >= 0.3 is 0 Å². The molecule has 1 fully saturated rings. The van der Waals surface area contributed by atoms with Crippen molar-refractivity contribution in [1.29, 1.82) is 0 Å². The molecule has 2 N–H and O–H groups in total. The van der Waals surface area contributed by atoms with Gasteiger partial charge in [-0.15, -0.1) is 0 Å². The third-order valence-corrected chi connectivity index (χ3v) is 5.07. The Labute approximate surface area is 152 Å². The number of carbonyl (C=O) groups excluding carboxylic acids is 1. The van der Waals surface area contributed by atoms with Crippen LogP contribution in [0.2, 0.25) is 0 Å². The van der Waals surface area contributed by atoms with Crippen LogP contribution in [0.25, 0.3) is 11.8 Å². The van der Waals surface area contributed by atoms with Crippen molar-refractivity contribution < 1.29 is 4.79 Å². The van der Waals surface area contributed by atoms with E-state index in [0.29, 0.717) is 12.5 Å². The van der Waals surface area contributed by atoms with Crippen LogP contribution in [0.5, 0.6) is 0 Å². The van der Waals surface area contributed by atoms with E-state index < -0.39 is 0 Å². The fourth-order valence-corrected chi connectivity index (χ4v) is 3.32. The van der Waals surface area contributed by atoms with Gasteiger partial charge in [-0.1, -0.05) is 31.4 Å². The van der Waals surface area contributed by atoms with Crippen molar-refractivity contribution in [2.45, 2.75) is 44.7 Å². The summed E-state index contributed by atoms with van der Waals surface area (Å²) in [7, 11) is 2.04. The SMILES string of the molecule is C=Cc1c(NC2CCCNC2)cccc1C(=C)N(C)C(C)CCC=O. The van der Waals surface area contributed by atoms with Crippen LogP contribution in [0, 0.1) is 0 Å². The van der Waals surface area contributed by atoms with Crippen molar-refractivity contribution in [3.8, 4) is 0 Å². The lowest BCUT2D eigenvalue weighted by atomic mass is 9.99. The average molecular weight is 341 g/mol. The lowest BCUT2D eigenvalue weighted by Gasteiger charge is -2.31. The number of hydrogen-bond acceptors (Lipinski definition) is 4. The Balaban J connectivity index is 2.19. The van der Waals surface area contributed by atoms with E-state index in [4.69, 9.17) is 0 Å². The van der Waals surface area contributed by atoms with Crippen molar-refractivity contribution in [3.63, 3.8) is 0 Å². The van der Waals surface area contributed by atoms with E-state index in [9.17, 15) is 4.79 Å². The Morgan fingerprint density at radius 3 is 2.96 bits per heavy atom. The Kier molecular flexibility index (Phi) is 7.26. The van der Waals surface area contributed by atoms with Crippen LogP contribution in [-0.4, -0.2) is 43.4 Å². The summed E-state index contributed by atoms with van der Waals surface area (Å²) >= 11 is 0. The topological polar surface area (TPSA) is 44.4 Å². The Morgan fingerprint density at radius 2 is 2.32 bits per heavy atom. The summed E-state index contributed by atoms with van der Waals surface area (Å²) in [5.74, 6) is 0. The smallest absolute Gasteiger partial charge is 0.120 e. The van der Waals surface area contributed by atoms with Crippen LogP contribution >= 0.6 is 0 Å². The lowest BCUT2D eigenvalue weighted by molar-refractivity contribution is -0.108. The van der Waals surface area contributed by atoms with Gasteiger partial charge in [0.25, 0.3) is 0 Å². The third kappa shape index (κ3) is 4.95. The van der Waals surface area contributed by atoms with Crippen LogP contribution in [0.3, 0.4) is 0 Å². The highest BCUT2D eigenvalue weighted by Crippen LogP contribution is 2.30. The summed E-state index contributed by atoms with van der Waals surface area (Å²) in [5, 5.41) is 7.10. The lowest BCUT2D eigenvalue weighted by Crippen LogP contribution is -2.38. The van der Waals surface area contributed by atoms with Crippen LogP contribution in [0.4, 0.5) is 5.69 Å². The fourth-order valence-electron chi connectivity index (χ4n) is 3.32. The van der Waals surface area contributed by atoms with Gasteiger partial charge in [0.15, 0.2) is 0 Å². The van der Waals surface area contributed by atoms with E-state index in [1.165, 1.54) is 12.8 Å². The van der Waals surface area contributed by atoms with Crippen LogP contribution in [-0.2, 0) is 4.79 Å². The van der Waals surface area contributed by atoms with Crippen molar-refractivity contribution in [2.24, 2.45) is 0 Å². The van der Waals surface area contributed by atoms with Gasteiger partial charge < -0.3 is 20.3 Å². The van der Waals surface area contributed by atoms with E-state index in [1.54, 1.807) is 0 Å². The molecule has 1 aliphatic heterocycles. The van der Waals surface area contributed by atoms with Crippen molar-refractivity contribution in [2.75, 3.05) is 25.5 Å². The standard InChI is InChI=1S/C21H31N3O/c1-5-19-20(17(3)24(4)16(2)9-8-14-25)11-6-12-21(19)23-18-10-7-13-22-15-18/h5-6,11-12,14,16,18,22-23H,1,3,7-10,13,15H2,2,4H3. The van der Waals surface area contributed by atoms with E-state index in [-0.39, 0.29) is 6.04 Å². The highest BCUT2D eigenvalue weighted by molar-refractivity contribution is 5.79. The summed E-state index contributed by atoms with van der Waals surface area (Å²) < 4.78 is 0. The first-order valence-corrected chi connectivity index (χ1v) is 9.17. The highest BCUT2D eigenvalue weighted by Gasteiger charge is 2.18. The number of nitrogens with one attached hydrogen (secondary N) is 2. The van der Waals surface area contributed by atoms with E-state index in [0.717, 1.165) is 48.3 Å². The van der Waals surface area contributed by atoms with Gasteiger partial charge in [-0.2, -0.15) is 0 Å². The average Bonchev–Trinajstić information content (AvgIpc) is 2.65. The van der Waals surface area contributed by atoms with Gasteiger partial charge in [0, 0.05) is 54.6 Å². The number of hydrogen-bond donors (Lipinski definition) is 2. The van der Waals surface area contributed by atoms with E-state index in [2.05, 4.69) is 53.8 Å². The summed E-state index contributed by atoms with van der Waals surface area (Å²) in [6.45, 7) is 12.5. The molecule has 0 saturated carbocycles. The zero-order valence-electron chi connectivity index (χ0n) is 15.6. The Hall–Kier alpha value is -2.07. The molecule has 0 bridgehead atoms. The van der Waals surface area contributed by atoms with Crippen LogP contribution in [0.1, 0.15) is 43.7 Å². The maximum Gasteiger partial charge on any atom is 0.120 e. The first kappa shape index (κ1) is 19.3. The van der Waals surface area contributed by atoms with Gasteiger partial charge in [0.1, 0.15) is 6.29 Å².